The number of amides is 1. The van der Waals surface area contributed by atoms with Crippen LogP contribution in [0.15, 0.2) is 59.5 Å². The number of halogens is 1. The van der Waals surface area contributed by atoms with Gasteiger partial charge in [0, 0.05) is 19.6 Å². The molecule has 4 rings (SSSR count). The summed E-state index contributed by atoms with van der Waals surface area (Å²) in [7, 11) is -4.02. The van der Waals surface area contributed by atoms with Crippen molar-refractivity contribution in [2.75, 3.05) is 19.6 Å². The lowest BCUT2D eigenvalue weighted by Gasteiger charge is -2.39. The number of nitrogens with zero attached hydrogens (tertiary/aromatic N) is 1. The quantitative estimate of drug-likeness (QED) is 0.479. The Labute approximate surface area is 188 Å². The van der Waals surface area contributed by atoms with Crippen LogP contribution in [-0.4, -0.2) is 48.8 Å². The van der Waals surface area contributed by atoms with Crippen LogP contribution in [-0.2, 0) is 14.6 Å². The van der Waals surface area contributed by atoms with E-state index in [0.717, 1.165) is 6.54 Å². The zero-order chi connectivity index (χ0) is 21.2. The molecule has 0 spiro atoms. The summed E-state index contributed by atoms with van der Waals surface area (Å²) in [5.41, 5.74) is 1.60. The van der Waals surface area contributed by atoms with Crippen LogP contribution in [0.3, 0.4) is 0 Å². The predicted octanol–water partition coefficient (Wildman–Crippen LogP) is 3.42. The topological polar surface area (TPSA) is 95.9 Å². The van der Waals surface area contributed by atoms with Gasteiger partial charge in [-0.15, -0.1) is 12.4 Å². The second kappa shape index (κ2) is 9.56. The molecule has 0 unspecified atom stereocenters. The number of likely N-dealkylation sites (tertiary alicyclic amines) is 1. The lowest BCUT2D eigenvalue weighted by molar-refractivity contribution is -0.133. The third-order valence-corrected chi connectivity index (χ3v) is 8.53. The van der Waals surface area contributed by atoms with E-state index >= 15 is 0 Å². The van der Waals surface area contributed by atoms with E-state index in [2.05, 4.69) is 4.90 Å². The van der Waals surface area contributed by atoms with E-state index < -0.39 is 20.5 Å². The van der Waals surface area contributed by atoms with Gasteiger partial charge < -0.3 is 9.64 Å². The number of benzene rings is 2. The van der Waals surface area contributed by atoms with Gasteiger partial charge in [0.1, 0.15) is 11.5 Å². The first-order valence-corrected chi connectivity index (χ1v) is 11.7. The molecule has 31 heavy (non-hydrogen) atoms. The number of hydrogen-bond donors (Lipinski definition) is 2. The fraction of sp³-hybridized carbons (Fsp3) is 0.409. The molecule has 1 amide bonds. The number of hydrogen-bond acceptors (Lipinski definition) is 6. The molecule has 0 bridgehead atoms. The monoisotopic (exact) mass is 466 g/mol. The number of carbonyl (C=O) groups excluding carboxylic acids is 1. The molecule has 1 aliphatic heterocycles. The first-order valence-electron chi connectivity index (χ1n) is 10.2. The molecule has 2 fully saturated rings. The highest BCUT2D eigenvalue weighted by molar-refractivity contribution is 7.93. The van der Waals surface area contributed by atoms with Crippen LogP contribution in [0.2, 0.25) is 0 Å². The van der Waals surface area contributed by atoms with Gasteiger partial charge in [-0.2, -0.15) is 0 Å². The summed E-state index contributed by atoms with van der Waals surface area (Å²) in [4.78, 5) is 14.8. The molecule has 1 aliphatic carbocycles. The fourth-order valence-electron chi connectivity index (χ4n) is 4.02. The summed E-state index contributed by atoms with van der Waals surface area (Å²) in [6, 6.07) is 15.2. The van der Waals surface area contributed by atoms with Crippen LogP contribution in [0.1, 0.15) is 25.7 Å². The number of hydroxylamine groups is 1. The number of ether oxygens (including phenoxy) is 1. The average Bonchev–Trinajstić information content (AvgIpc) is 3.59. The largest absolute Gasteiger partial charge is 0.457 e. The van der Waals surface area contributed by atoms with Crippen molar-refractivity contribution >= 4 is 28.2 Å². The van der Waals surface area contributed by atoms with Crippen molar-refractivity contribution in [1.82, 2.24) is 10.4 Å². The molecular formula is C22H27ClN2O5S. The third kappa shape index (κ3) is 4.87. The molecule has 0 aromatic heterocycles. The summed E-state index contributed by atoms with van der Waals surface area (Å²) >= 11 is 0. The molecule has 9 heteroatoms. The van der Waals surface area contributed by atoms with E-state index in [4.69, 9.17) is 4.74 Å². The number of nitrogens with one attached hydrogen (secondary N) is 1. The zero-order valence-corrected chi connectivity index (χ0v) is 18.7. The molecule has 168 valence electrons. The smallest absolute Gasteiger partial charge is 0.265 e. The van der Waals surface area contributed by atoms with Crippen molar-refractivity contribution in [3.8, 4) is 11.5 Å². The average molecular weight is 467 g/mol. The highest BCUT2D eigenvalue weighted by atomic mass is 35.5. The predicted molar refractivity (Wildman–Crippen MR) is 118 cm³/mol. The van der Waals surface area contributed by atoms with E-state index in [1.807, 2.05) is 18.2 Å². The first-order chi connectivity index (χ1) is 14.4. The zero-order valence-electron chi connectivity index (χ0n) is 17.1. The standard InChI is InChI=1S/C22H26N2O5S.ClH/c25-21(23-26)22(12-14-24(15-13-22)16-17-6-7-17)30(27,28)20-10-8-19(9-11-20)29-18-4-2-1-3-5-18;/h1-5,8-11,17,26H,6-7,12-16H2,(H,23,25);1H. The van der Waals surface area contributed by atoms with Crippen LogP contribution < -0.4 is 10.2 Å². The van der Waals surface area contributed by atoms with Crippen LogP contribution in [0.4, 0.5) is 0 Å². The van der Waals surface area contributed by atoms with Crippen LogP contribution in [0.5, 0.6) is 11.5 Å². The minimum absolute atomic E-state index is 0. The van der Waals surface area contributed by atoms with Crippen molar-refractivity contribution in [2.24, 2.45) is 5.92 Å². The van der Waals surface area contributed by atoms with Gasteiger partial charge in [-0.05, 0) is 68.0 Å². The van der Waals surface area contributed by atoms with Gasteiger partial charge in [-0.3, -0.25) is 10.0 Å². The normalized spacial score (nSPS) is 18.6. The van der Waals surface area contributed by atoms with Crippen LogP contribution in [0.25, 0.3) is 0 Å². The van der Waals surface area contributed by atoms with Crippen LogP contribution >= 0.6 is 12.4 Å². The highest BCUT2D eigenvalue weighted by Gasteiger charge is 2.53. The SMILES string of the molecule is Cl.O=C(NO)C1(S(=O)(=O)c2ccc(Oc3ccccc3)cc2)CCN(CC2CC2)CC1. The van der Waals surface area contributed by atoms with Crippen LogP contribution in [0, 0.1) is 5.92 Å². The lowest BCUT2D eigenvalue weighted by Crippen LogP contribution is -2.57. The molecule has 0 atom stereocenters. The van der Waals surface area contributed by atoms with Crippen molar-refractivity contribution in [2.45, 2.75) is 35.3 Å². The molecule has 2 N–H and O–H groups in total. The Kier molecular flexibility index (Phi) is 7.26. The Balaban J connectivity index is 0.00000272. The third-order valence-electron chi connectivity index (χ3n) is 6.02. The minimum atomic E-state index is -4.02. The van der Waals surface area contributed by atoms with Crippen molar-refractivity contribution in [3.63, 3.8) is 0 Å². The molecule has 2 aromatic rings. The molecule has 2 aromatic carbocycles. The van der Waals surface area contributed by atoms with E-state index in [-0.39, 0.29) is 30.1 Å². The molecule has 2 aliphatic rings. The van der Waals surface area contributed by atoms with Crippen molar-refractivity contribution in [3.05, 3.63) is 54.6 Å². The molecule has 1 heterocycles. The Hall–Kier alpha value is -2.13. The molecular weight excluding hydrogens is 440 g/mol. The Bertz CT molecular complexity index is 986. The minimum Gasteiger partial charge on any atom is -0.457 e. The second-order valence-corrected chi connectivity index (χ2v) is 10.3. The van der Waals surface area contributed by atoms with Gasteiger partial charge in [0.2, 0.25) is 0 Å². The number of rotatable bonds is 7. The molecule has 1 saturated heterocycles. The summed E-state index contributed by atoms with van der Waals surface area (Å²) in [5, 5.41) is 9.29. The van der Waals surface area contributed by atoms with E-state index in [0.29, 0.717) is 30.5 Å². The Morgan fingerprint density at radius 3 is 2.16 bits per heavy atom. The molecule has 1 saturated carbocycles. The van der Waals surface area contributed by atoms with E-state index in [9.17, 15) is 18.4 Å². The first kappa shape index (κ1) is 23.5. The van der Waals surface area contributed by atoms with Gasteiger partial charge in [-0.1, -0.05) is 18.2 Å². The Morgan fingerprint density at radius 1 is 1.03 bits per heavy atom. The van der Waals surface area contributed by atoms with Crippen molar-refractivity contribution in [1.29, 1.82) is 0 Å². The fourth-order valence-corrected chi connectivity index (χ4v) is 5.97. The van der Waals surface area contributed by atoms with Gasteiger partial charge in [0.05, 0.1) is 4.90 Å². The van der Waals surface area contributed by atoms with E-state index in [1.54, 1.807) is 29.7 Å². The van der Waals surface area contributed by atoms with E-state index in [1.165, 1.54) is 25.0 Å². The van der Waals surface area contributed by atoms with Gasteiger partial charge in [0.15, 0.2) is 14.6 Å². The number of sulfone groups is 1. The summed E-state index contributed by atoms with van der Waals surface area (Å²) in [6.07, 6.45) is 2.73. The maximum absolute atomic E-state index is 13.5. The lowest BCUT2D eigenvalue weighted by atomic mass is 9.94. The Morgan fingerprint density at radius 2 is 1.61 bits per heavy atom. The highest BCUT2D eigenvalue weighted by Crippen LogP contribution is 2.38. The summed E-state index contributed by atoms with van der Waals surface area (Å²) in [6.45, 7) is 1.97. The maximum atomic E-state index is 13.5. The maximum Gasteiger partial charge on any atom is 0.265 e. The number of piperidine rings is 1. The van der Waals surface area contributed by atoms with Crippen molar-refractivity contribution < 1.29 is 23.2 Å². The number of para-hydroxylation sites is 1. The summed E-state index contributed by atoms with van der Waals surface area (Å²) < 4.78 is 31.0. The molecule has 0 radical (unpaired) electrons. The van der Waals surface area contributed by atoms with Gasteiger partial charge in [-0.25, -0.2) is 13.9 Å². The molecule has 7 nitrogen and oxygen atoms in total. The van der Waals surface area contributed by atoms with Gasteiger partial charge >= 0.3 is 0 Å². The number of carbonyl (C=O) groups is 1. The summed E-state index contributed by atoms with van der Waals surface area (Å²) in [5.74, 6) is 0.975. The van der Waals surface area contributed by atoms with Gasteiger partial charge in [0.25, 0.3) is 5.91 Å². The second-order valence-electron chi connectivity index (χ2n) is 8.07.